The highest BCUT2D eigenvalue weighted by atomic mass is 16.5. The van der Waals surface area contributed by atoms with Crippen LogP contribution >= 0.6 is 0 Å². The number of hydrogen-bond donors (Lipinski definition) is 1. The molecule has 3 rings (SSSR count). The number of nitrogens with zero attached hydrogens (tertiary/aromatic N) is 3. The monoisotopic (exact) mass is 236 g/mol. The molecule has 0 bridgehead atoms. The molecule has 0 amide bonds. The minimum atomic E-state index is 0.767. The molecule has 0 radical (unpaired) electrons. The number of piperidine rings is 1. The molecule has 2 aliphatic rings. The molecule has 0 atom stereocenters. The zero-order valence-corrected chi connectivity index (χ0v) is 10.1. The lowest BCUT2D eigenvalue weighted by Crippen LogP contribution is -2.37. The zero-order chi connectivity index (χ0) is 11.5. The van der Waals surface area contributed by atoms with E-state index in [9.17, 15) is 0 Å². The van der Waals surface area contributed by atoms with E-state index in [1.807, 2.05) is 0 Å². The van der Waals surface area contributed by atoms with Gasteiger partial charge < -0.3 is 9.84 Å². The van der Waals surface area contributed by atoms with Crippen molar-refractivity contribution in [3.63, 3.8) is 0 Å². The molecular weight excluding hydrogens is 216 g/mol. The summed E-state index contributed by atoms with van der Waals surface area (Å²) in [7, 11) is 0. The molecule has 2 heterocycles. The number of hydrogen-bond acceptors (Lipinski definition) is 5. The Balaban J connectivity index is 1.56. The predicted octanol–water partition coefficient (Wildman–Crippen LogP) is 1.03. The van der Waals surface area contributed by atoms with Crippen molar-refractivity contribution in [1.29, 1.82) is 0 Å². The number of aromatic nitrogens is 2. The smallest absolute Gasteiger partial charge is 0.213 e. The largest absolute Gasteiger partial charge is 0.343 e. The van der Waals surface area contributed by atoms with E-state index in [-0.39, 0.29) is 0 Å². The van der Waals surface area contributed by atoms with Crippen LogP contribution in [-0.4, -0.2) is 40.7 Å². The molecule has 17 heavy (non-hydrogen) atoms. The van der Waals surface area contributed by atoms with E-state index >= 15 is 0 Å². The standard InChI is InChI=1S/C12H20N4O/c1-2-11(1)16(8-12-14-9-17-15-12)7-10-3-5-13-6-4-10/h9-11,13H,1-8H2. The molecular formula is C12H20N4O. The van der Waals surface area contributed by atoms with Crippen LogP contribution in [0, 0.1) is 5.92 Å². The Bertz CT molecular complexity index is 330. The third kappa shape index (κ3) is 3.04. The summed E-state index contributed by atoms with van der Waals surface area (Å²) in [5.74, 6) is 1.66. The average Bonchev–Trinajstić information content (AvgIpc) is 3.09. The van der Waals surface area contributed by atoms with Crippen molar-refractivity contribution in [2.45, 2.75) is 38.3 Å². The molecule has 0 spiro atoms. The van der Waals surface area contributed by atoms with Gasteiger partial charge in [-0.15, -0.1) is 0 Å². The van der Waals surface area contributed by atoms with Gasteiger partial charge in [-0.3, -0.25) is 4.90 Å². The summed E-state index contributed by atoms with van der Waals surface area (Å²) in [5.41, 5.74) is 0. The second kappa shape index (κ2) is 5.14. The minimum absolute atomic E-state index is 0.767. The quantitative estimate of drug-likeness (QED) is 0.827. The first-order valence-electron chi connectivity index (χ1n) is 6.62. The maximum atomic E-state index is 4.81. The molecule has 5 nitrogen and oxygen atoms in total. The van der Waals surface area contributed by atoms with E-state index < -0.39 is 0 Å². The highest BCUT2D eigenvalue weighted by molar-refractivity contribution is 4.90. The molecule has 0 unspecified atom stereocenters. The Morgan fingerprint density at radius 2 is 2.12 bits per heavy atom. The fourth-order valence-corrected chi connectivity index (χ4v) is 2.62. The van der Waals surface area contributed by atoms with E-state index in [4.69, 9.17) is 4.52 Å². The lowest BCUT2D eigenvalue weighted by Gasteiger charge is -2.29. The van der Waals surface area contributed by atoms with E-state index in [2.05, 4.69) is 20.4 Å². The van der Waals surface area contributed by atoms with E-state index in [1.54, 1.807) is 0 Å². The van der Waals surface area contributed by atoms with Crippen LogP contribution in [-0.2, 0) is 6.54 Å². The van der Waals surface area contributed by atoms with Crippen LogP contribution in [0.15, 0.2) is 10.9 Å². The molecule has 1 N–H and O–H groups in total. The number of rotatable bonds is 5. The van der Waals surface area contributed by atoms with Gasteiger partial charge in [0.25, 0.3) is 0 Å². The Morgan fingerprint density at radius 1 is 1.29 bits per heavy atom. The summed E-state index contributed by atoms with van der Waals surface area (Å²) >= 11 is 0. The summed E-state index contributed by atoms with van der Waals surface area (Å²) in [6.07, 6.45) is 6.70. The topological polar surface area (TPSA) is 54.2 Å². The van der Waals surface area contributed by atoms with Crippen LogP contribution in [0.1, 0.15) is 31.5 Å². The maximum Gasteiger partial charge on any atom is 0.213 e. The Labute approximate surface area is 102 Å². The highest BCUT2D eigenvalue weighted by Crippen LogP contribution is 2.29. The van der Waals surface area contributed by atoms with Gasteiger partial charge >= 0.3 is 0 Å². The predicted molar refractivity (Wildman–Crippen MR) is 63.3 cm³/mol. The van der Waals surface area contributed by atoms with Crippen molar-refractivity contribution < 1.29 is 4.52 Å². The van der Waals surface area contributed by atoms with Crippen molar-refractivity contribution in [2.24, 2.45) is 5.92 Å². The van der Waals surface area contributed by atoms with Crippen LogP contribution in [0.2, 0.25) is 0 Å². The minimum Gasteiger partial charge on any atom is -0.343 e. The van der Waals surface area contributed by atoms with Gasteiger partial charge in [-0.25, -0.2) is 0 Å². The number of nitrogens with one attached hydrogen (secondary N) is 1. The van der Waals surface area contributed by atoms with Gasteiger partial charge in [0.05, 0.1) is 6.54 Å². The fourth-order valence-electron chi connectivity index (χ4n) is 2.62. The van der Waals surface area contributed by atoms with Crippen LogP contribution in [0.25, 0.3) is 0 Å². The normalized spacial score (nSPS) is 22.2. The maximum absolute atomic E-state index is 4.81. The van der Waals surface area contributed by atoms with E-state index in [0.29, 0.717) is 0 Å². The molecule has 0 aromatic carbocycles. The summed E-state index contributed by atoms with van der Waals surface area (Å²) in [4.78, 5) is 6.67. The van der Waals surface area contributed by atoms with Gasteiger partial charge in [0.15, 0.2) is 5.82 Å². The molecule has 1 saturated carbocycles. The van der Waals surface area contributed by atoms with Gasteiger partial charge in [-0.05, 0) is 44.7 Å². The SMILES string of the molecule is c1nc(CN(CC2CCNCC2)C2CC2)no1. The second-order valence-electron chi connectivity index (χ2n) is 5.20. The Morgan fingerprint density at radius 3 is 2.76 bits per heavy atom. The zero-order valence-electron chi connectivity index (χ0n) is 10.1. The van der Waals surface area contributed by atoms with Crippen molar-refractivity contribution in [3.8, 4) is 0 Å². The van der Waals surface area contributed by atoms with Gasteiger partial charge in [-0.1, -0.05) is 5.16 Å². The molecule has 5 heteroatoms. The first-order valence-corrected chi connectivity index (χ1v) is 6.62. The molecule has 2 fully saturated rings. The van der Waals surface area contributed by atoms with Gasteiger partial charge in [0.1, 0.15) is 0 Å². The molecule has 94 valence electrons. The van der Waals surface area contributed by atoms with Crippen LogP contribution in [0.3, 0.4) is 0 Å². The van der Waals surface area contributed by atoms with Crippen LogP contribution in [0.4, 0.5) is 0 Å². The molecule has 1 saturated heterocycles. The second-order valence-corrected chi connectivity index (χ2v) is 5.20. The van der Waals surface area contributed by atoms with Crippen molar-refractivity contribution >= 4 is 0 Å². The summed E-state index contributed by atoms with van der Waals surface area (Å²) in [6, 6.07) is 0.767. The average molecular weight is 236 g/mol. The summed E-state index contributed by atoms with van der Waals surface area (Å²) in [6.45, 7) is 4.39. The van der Waals surface area contributed by atoms with Crippen molar-refractivity contribution in [3.05, 3.63) is 12.2 Å². The highest BCUT2D eigenvalue weighted by Gasteiger charge is 2.31. The van der Waals surface area contributed by atoms with Crippen molar-refractivity contribution in [2.75, 3.05) is 19.6 Å². The Kier molecular flexibility index (Phi) is 3.38. The lowest BCUT2D eigenvalue weighted by atomic mass is 9.97. The third-order valence-corrected chi connectivity index (χ3v) is 3.77. The lowest BCUT2D eigenvalue weighted by molar-refractivity contribution is 0.184. The third-order valence-electron chi connectivity index (χ3n) is 3.77. The fraction of sp³-hybridized carbons (Fsp3) is 0.833. The van der Waals surface area contributed by atoms with Gasteiger partial charge in [-0.2, -0.15) is 4.98 Å². The van der Waals surface area contributed by atoms with Crippen LogP contribution in [0.5, 0.6) is 0 Å². The molecule has 1 aromatic heterocycles. The van der Waals surface area contributed by atoms with Gasteiger partial charge in [0, 0.05) is 12.6 Å². The van der Waals surface area contributed by atoms with E-state index in [1.165, 1.54) is 51.7 Å². The summed E-state index contributed by atoms with van der Waals surface area (Å²) < 4.78 is 4.81. The van der Waals surface area contributed by atoms with Crippen molar-refractivity contribution in [1.82, 2.24) is 20.4 Å². The first-order chi connectivity index (χ1) is 8.42. The van der Waals surface area contributed by atoms with Crippen LogP contribution < -0.4 is 5.32 Å². The molecule has 1 aliphatic carbocycles. The molecule has 1 aromatic rings. The summed E-state index contributed by atoms with van der Waals surface area (Å²) in [5, 5.41) is 7.34. The molecule has 1 aliphatic heterocycles. The van der Waals surface area contributed by atoms with Gasteiger partial charge in [0.2, 0.25) is 6.39 Å². The first kappa shape index (κ1) is 11.2. The Hall–Kier alpha value is -0.940. The van der Waals surface area contributed by atoms with E-state index in [0.717, 1.165) is 24.3 Å².